The molecule has 0 spiro atoms. The van der Waals surface area contributed by atoms with Gasteiger partial charge >= 0.3 is 5.97 Å². The monoisotopic (exact) mass is 230 g/mol. The Hall–Kier alpha value is -1.10. The molecule has 0 aromatic heterocycles. The third-order valence-electron chi connectivity index (χ3n) is 2.16. The highest BCUT2D eigenvalue weighted by Gasteiger charge is 2.05. The van der Waals surface area contributed by atoms with Crippen LogP contribution in [-0.4, -0.2) is 36.1 Å². The highest BCUT2D eigenvalue weighted by atomic mass is 16.4. The Morgan fingerprint density at radius 1 is 1.38 bits per heavy atom. The molecule has 0 fully saturated rings. The van der Waals surface area contributed by atoms with Gasteiger partial charge in [-0.25, -0.2) is 0 Å². The van der Waals surface area contributed by atoms with Gasteiger partial charge in [-0.1, -0.05) is 13.3 Å². The van der Waals surface area contributed by atoms with E-state index >= 15 is 0 Å². The largest absolute Gasteiger partial charge is 0.481 e. The van der Waals surface area contributed by atoms with E-state index < -0.39 is 5.97 Å². The fraction of sp³-hybridized carbons (Fsp3) is 0.818. The quantitative estimate of drug-likeness (QED) is 0.511. The van der Waals surface area contributed by atoms with Crippen LogP contribution in [0.3, 0.4) is 0 Å². The van der Waals surface area contributed by atoms with E-state index in [-0.39, 0.29) is 24.9 Å². The van der Waals surface area contributed by atoms with Crippen molar-refractivity contribution in [1.82, 2.24) is 10.6 Å². The van der Waals surface area contributed by atoms with Crippen molar-refractivity contribution in [2.45, 2.75) is 45.6 Å². The first-order valence-corrected chi connectivity index (χ1v) is 5.78. The van der Waals surface area contributed by atoms with Crippen LogP contribution < -0.4 is 10.6 Å². The van der Waals surface area contributed by atoms with E-state index in [0.29, 0.717) is 13.0 Å². The molecule has 0 radical (unpaired) electrons. The Morgan fingerprint density at radius 3 is 2.62 bits per heavy atom. The average Bonchev–Trinajstić information content (AvgIpc) is 2.16. The molecule has 5 heteroatoms. The predicted molar refractivity (Wildman–Crippen MR) is 62.3 cm³/mol. The molecular formula is C11H22N2O3. The summed E-state index contributed by atoms with van der Waals surface area (Å²) in [6.45, 7) is 4.87. The lowest BCUT2D eigenvalue weighted by atomic mass is 10.2. The van der Waals surface area contributed by atoms with Crippen molar-refractivity contribution in [3.8, 4) is 0 Å². The van der Waals surface area contributed by atoms with Gasteiger partial charge in [0.25, 0.3) is 0 Å². The topological polar surface area (TPSA) is 78.4 Å². The maximum absolute atomic E-state index is 11.3. The zero-order valence-corrected chi connectivity index (χ0v) is 10.1. The number of carbonyl (C=O) groups is 2. The highest BCUT2D eigenvalue weighted by Crippen LogP contribution is 1.93. The van der Waals surface area contributed by atoms with Crippen LogP contribution in [0.4, 0.5) is 0 Å². The van der Waals surface area contributed by atoms with Crippen molar-refractivity contribution < 1.29 is 14.7 Å². The number of rotatable bonds is 9. The van der Waals surface area contributed by atoms with Crippen LogP contribution in [0.15, 0.2) is 0 Å². The second-order valence-corrected chi connectivity index (χ2v) is 3.93. The molecule has 0 bridgehead atoms. The van der Waals surface area contributed by atoms with E-state index in [9.17, 15) is 9.59 Å². The minimum absolute atomic E-state index is 0.0312. The number of carboxylic acids is 1. The molecule has 5 nitrogen and oxygen atoms in total. The van der Waals surface area contributed by atoms with E-state index in [2.05, 4.69) is 17.6 Å². The lowest BCUT2D eigenvalue weighted by Crippen LogP contribution is -2.39. The SMILES string of the molecule is CCCC(C)NC(=O)CNCCCC(=O)O. The molecule has 16 heavy (non-hydrogen) atoms. The summed E-state index contributed by atoms with van der Waals surface area (Å²) < 4.78 is 0. The van der Waals surface area contributed by atoms with Gasteiger partial charge in [0.15, 0.2) is 0 Å². The third-order valence-corrected chi connectivity index (χ3v) is 2.16. The van der Waals surface area contributed by atoms with Crippen LogP contribution in [-0.2, 0) is 9.59 Å². The fourth-order valence-corrected chi connectivity index (χ4v) is 1.40. The number of amides is 1. The van der Waals surface area contributed by atoms with E-state index in [1.165, 1.54) is 0 Å². The van der Waals surface area contributed by atoms with Gasteiger partial charge in [-0.15, -0.1) is 0 Å². The first kappa shape index (κ1) is 14.9. The molecule has 0 saturated carbocycles. The second kappa shape index (κ2) is 9.15. The molecule has 0 heterocycles. The van der Waals surface area contributed by atoms with E-state index in [4.69, 9.17) is 5.11 Å². The Kier molecular flexibility index (Phi) is 8.52. The minimum Gasteiger partial charge on any atom is -0.481 e. The van der Waals surface area contributed by atoms with Gasteiger partial charge in [0, 0.05) is 12.5 Å². The molecule has 0 rings (SSSR count). The summed E-state index contributed by atoms with van der Waals surface area (Å²) in [4.78, 5) is 21.5. The number of nitrogens with one attached hydrogen (secondary N) is 2. The van der Waals surface area contributed by atoms with Crippen molar-refractivity contribution >= 4 is 11.9 Å². The first-order valence-electron chi connectivity index (χ1n) is 5.78. The molecule has 94 valence electrons. The normalized spacial score (nSPS) is 12.1. The summed E-state index contributed by atoms with van der Waals surface area (Å²) in [5.41, 5.74) is 0. The molecule has 0 aromatic carbocycles. The van der Waals surface area contributed by atoms with Crippen LogP contribution in [0.5, 0.6) is 0 Å². The predicted octanol–water partition coefficient (Wildman–Crippen LogP) is 0.746. The molecule has 3 N–H and O–H groups in total. The molecule has 1 atom stereocenters. The smallest absolute Gasteiger partial charge is 0.303 e. The van der Waals surface area contributed by atoms with Gasteiger partial charge in [0.2, 0.25) is 5.91 Å². The van der Waals surface area contributed by atoms with Gasteiger partial charge in [0.1, 0.15) is 0 Å². The third kappa shape index (κ3) is 9.45. The summed E-state index contributed by atoms with van der Waals surface area (Å²) in [6, 6.07) is 0.207. The summed E-state index contributed by atoms with van der Waals surface area (Å²) >= 11 is 0. The van der Waals surface area contributed by atoms with Crippen molar-refractivity contribution in [2.24, 2.45) is 0 Å². The molecule has 0 aromatic rings. The first-order chi connectivity index (χ1) is 7.56. The summed E-state index contributed by atoms with van der Waals surface area (Å²) in [5.74, 6) is -0.834. The number of aliphatic carboxylic acids is 1. The molecule has 0 aliphatic heterocycles. The van der Waals surface area contributed by atoms with Crippen LogP contribution >= 0.6 is 0 Å². The Bertz CT molecular complexity index is 219. The lowest BCUT2D eigenvalue weighted by molar-refractivity contribution is -0.137. The molecule has 0 saturated heterocycles. The van der Waals surface area contributed by atoms with E-state index in [1.54, 1.807) is 0 Å². The van der Waals surface area contributed by atoms with Gasteiger partial charge < -0.3 is 15.7 Å². The van der Waals surface area contributed by atoms with Crippen LogP contribution in [0.2, 0.25) is 0 Å². The average molecular weight is 230 g/mol. The zero-order chi connectivity index (χ0) is 12.4. The molecular weight excluding hydrogens is 208 g/mol. The number of hydrogen-bond donors (Lipinski definition) is 3. The van der Waals surface area contributed by atoms with Crippen LogP contribution in [0.1, 0.15) is 39.5 Å². The van der Waals surface area contributed by atoms with Crippen LogP contribution in [0.25, 0.3) is 0 Å². The summed E-state index contributed by atoms with van der Waals surface area (Å²) in [5, 5.41) is 14.2. The van der Waals surface area contributed by atoms with Crippen molar-refractivity contribution in [3.63, 3.8) is 0 Å². The van der Waals surface area contributed by atoms with Gasteiger partial charge in [-0.2, -0.15) is 0 Å². The van der Waals surface area contributed by atoms with E-state index in [1.807, 2.05) is 6.92 Å². The molecule has 0 aliphatic carbocycles. The fourth-order valence-electron chi connectivity index (χ4n) is 1.40. The zero-order valence-electron chi connectivity index (χ0n) is 10.1. The number of hydrogen-bond acceptors (Lipinski definition) is 3. The maximum Gasteiger partial charge on any atom is 0.303 e. The maximum atomic E-state index is 11.3. The van der Waals surface area contributed by atoms with Crippen molar-refractivity contribution in [2.75, 3.05) is 13.1 Å². The number of carbonyl (C=O) groups excluding carboxylic acids is 1. The summed E-state index contributed by atoms with van der Waals surface area (Å²) in [6.07, 6.45) is 2.71. The second-order valence-electron chi connectivity index (χ2n) is 3.93. The lowest BCUT2D eigenvalue weighted by Gasteiger charge is -2.12. The number of carboxylic acid groups (broad SMARTS) is 1. The Morgan fingerprint density at radius 2 is 2.06 bits per heavy atom. The standard InChI is InChI=1S/C11H22N2O3/c1-3-5-9(2)13-10(14)8-12-7-4-6-11(15)16/h9,12H,3-8H2,1-2H3,(H,13,14)(H,15,16). The van der Waals surface area contributed by atoms with Gasteiger partial charge in [-0.3, -0.25) is 9.59 Å². The van der Waals surface area contributed by atoms with Crippen molar-refractivity contribution in [3.05, 3.63) is 0 Å². The minimum atomic E-state index is -0.803. The van der Waals surface area contributed by atoms with Crippen LogP contribution in [0, 0.1) is 0 Å². The van der Waals surface area contributed by atoms with Crippen molar-refractivity contribution in [1.29, 1.82) is 0 Å². The Labute approximate surface area is 96.6 Å². The molecule has 1 amide bonds. The molecule has 1 unspecified atom stereocenters. The Balaban J connectivity index is 3.40. The summed E-state index contributed by atoms with van der Waals surface area (Å²) in [7, 11) is 0. The van der Waals surface area contributed by atoms with Gasteiger partial charge in [-0.05, 0) is 26.3 Å². The highest BCUT2D eigenvalue weighted by molar-refractivity contribution is 5.78. The molecule has 0 aliphatic rings. The van der Waals surface area contributed by atoms with Gasteiger partial charge in [0.05, 0.1) is 6.54 Å². The van der Waals surface area contributed by atoms with E-state index in [0.717, 1.165) is 12.8 Å².